The Morgan fingerprint density at radius 2 is 2.03 bits per heavy atom. The van der Waals surface area contributed by atoms with Gasteiger partial charge in [-0.1, -0.05) is 23.2 Å². The van der Waals surface area contributed by atoms with Crippen molar-refractivity contribution < 1.29 is 9.13 Å². The van der Waals surface area contributed by atoms with Crippen molar-refractivity contribution in [1.82, 2.24) is 19.7 Å². The molecule has 0 amide bonds. The summed E-state index contributed by atoms with van der Waals surface area (Å²) in [6.45, 7) is 7.20. The third-order valence-corrected chi connectivity index (χ3v) is 5.43. The molecule has 3 heterocycles. The number of ether oxygens (including phenoxy) is 1. The van der Waals surface area contributed by atoms with Gasteiger partial charge in [0.25, 0.3) is 5.56 Å². The number of nitrogens with zero attached hydrogens (tertiary/aromatic N) is 4. The van der Waals surface area contributed by atoms with E-state index in [-0.39, 0.29) is 16.1 Å². The fraction of sp³-hybridized carbons (Fsp3) is 0.421. The van der Waals surface area contributed by atoms with Crippen molar-refractivity contribution in [3.63, 3.8) is 0 Å². The van der Waals surface area contributed by atoms with Crippen molar-refractivity contribution in [2.45, 2.75) is 32.4 Å². The molecule has 0 spiro atoms. The van der Waals surface area contributed by atoms with E-state index >= 15 is 0 Å². The van der Waals surface area contributed by atoms with Gasteiger partial charge < -0.3 is 9.64 Å². The van der Waals surface area contributed by atoms with E-state index in [1.54, 1.807) is 4.68 Å². The molecule has 0 aliphatic carbocycles. The molecule has 1 aliphatic rings. The van der Waals surface area contributed by atoms with E-state index < -0.39 is 11.9 Å². The van der Waals surface area contributed by atoms with Gasteiger partial charge in [-0.2, -0.15) is 10.1 Å². The van der Waals surface area contributed by atoms with Crippen molar-refractivity contribution in [3.05, 3.63) is 50.1 Å². The molecule has 1 aromatic carbocycles. The molecule has 29 heavy (non-hydrogen) atoms. The summed E-state index contributed by atoms with van der Waals surface area (Å²) in [6, 6.07) is 2.65. The number of nitrogens with one attached hydrogen (secondary N) is 1. The van der Waals surface area contributed by atoms with Crippen LogP contribution in [0.15, 0.2) is 23.1 Å². The van der Waals surface area contributed by atoms with Crippen LogP contribution in [0.3, 0.4) is 0 Å². The lowest BCUT2D eigenvalue weighted by Gasteiger charge is -2.34. The van der Waals surface area contributed by atoms with Gasteiger partial charge in [-0.3, -0.25) is 9.78 Å². The van der Waals surface area contributed by atoms with Crippen LogP contribution in [0.25, 0.3) is 11.0 Å². The van der Waals surface area contributed by atoms with Crippen LogP contribution in [0.5, 0.6) is 0 Å². The minimum Gasteiger partial charge on any atom is -0.370 e. The van der Waals surface area contributed by atoms with Crippen molar-refractivity contribution in [1.29, 1.82) is 0 Å². The standard InChI is InChI=1S/C19H20Cl2FN5O2/c1-19(2,3)27-16-11(8-23-27)17(28)25-18(24-16)26-4-5-29-15(9-26)10-6-14(22)13(21)7-12(10)20/h6-8,15H,4-5,9H2,1-3H3,(H,24,25,28). The topological polar surface area (TPSA) is 76.0 Å². The summed E-state index contributed by atoms with van der Waals surface area (Å²) in [6.07, 6.45) is 1.03. The van der Waals surface area contributed by atoms with E-state index in [1.807, 2.05) is 25.7 Å². The Morgan fingerprint density at radius 1 is 1.28 bits per heavy atom. The lowest BCUT2D eigenvalue weighted by molar-refractivity contribution is 0.0391. The molecule has 0 bridgehead atoms. The Balaban J connectivity index is 1.71. The molecule has 3 aromatic rings. The molecule has 1 atom stereocenters. The van der Waals surface area contributed by atoms with Gasteiger partial charge in [0.15, 0.2) is 5.65 Å². The molecule has 2 aromatic heterocycles. The van der Waals surface area contributed by atoms with Gasteiger partial charge in [-0.05, 0) is 32.9 Å². The first-order valence-electron chi connectivity index (χ1n) is 9.14. The van der Waals surface area contributed by atoms with E-state index in [0.29, 0.717) is 47.3 Å². The van der Waals surface area contributed by atoms with E-state index in [9.17, 15) is 9.18 Å². The summed E-state index contributed by atoms with van der Waals surface area (Å²) in [5.74, 6) is -0.152. The maximum Gasteiger partial charge on any atom is 0.263 e. The zero-order valence-electron chi connectivity index (χ0n) is 16.2. The number of rotatable bonds is 2. The molecule has 7 nitrogen and oxygen atoms in total. The summed E-state index contributed by atoms with van der Waals surface area (Å²) in [5, 5.41) is 5.03. The summed E-state index contributed by atoms with van der Waals surface area (Å²) in [5.41, 5.74) is 0.414. The summed E-state index contributed by atoms with van der Waals surface area (Å²) < 4.78 is 21.5. The highest BCUT2D eigenvalue weighted by molar-refractivity contribution is 6.35. The van der Waals surface area contributed by atoms with Crippen molar-refractivity contribution in [2.75, 3.05) is 24.6 Å². The molecule has 1 saturated heterocycles. The first-order valence-corrected chi connectivity index (χ1v) is 9.90. The summed E-state index contributed by atoms with van der Waals surface area (Å²) in [4.78, 5) is 21.9. The first-order chi connectivity index (χ1) is 13.6. The third-order valence-electron chi connectivity index (χ3n) is 4.81. The van der Waals surface area contributed by atoms with Crippen LogP contribution in [0.4, 0.5) is 10.3 Å². The predicted octanol–water partition coefficient (Wildman–Crippen LogP) is 3.90. The number of anilines is 1. The number of H-pyrrole nitrogens is 1. The molecule has 1 N–H and O–H groups in total. The highest BCUT2D eigenvalue weighted by atomic mass is 35.5. The van der Waals surface area contributed by atoms with E-state index in [2.05, 4.69) is 15.1 Å². The number of aromatic nitrogens is 4. The van der Waals surface area contributed by atoms with Gasteiger partial charge in [0.2, 0.25) is 5.95 Å². The molecule has 10 heteroatoms. The highest BCUT2D eigenvalue weighted by Gasteiger charge is 2.27. The lowest BCUT2D eigenvalue weighted by Crippen LogP contribution is -2.40. The minimum atomic E-state index is -0.561. The van der Waals surface area contributed by atoms with Crippen LogP contribution >= 0.6 is 23.2 Å². The zero-order valence-corrected chi connectivity index (χ0v) is 17.7. The second-order valence-corrected chi connectivity index (χ2v) is 8.76. The van der Waals surface area contributed by atoms with Crippen LogP contribution in [0, 0.1) is 5.82 Å². The van der Waals surface area contributed by atoms with Crippen molar-refractivity contribution in [2.24, 2.45) is 0 Å². The average Bonchev–Trinajstić information content (AvgIpc) is 3.10. The molecular weight excluding hydrogens is 420 g/mol. The van der Waals surface area contributed by atoms with Gasteiger partial charge >= 0.3 is 0 Å². The highest BCUT2D eigenvalue weighted by Crippen LogP contribution is 2.33. The van der Waals surface area contributed by atoms with Gasteiger partial charge in [-0.25, -0.2) is 9.07 Å². The second kappa shape index (κ2) is 7.27. The quantitative estimate of drug-likeness (QED) is 0.612. The lowest BCUT2D eigenvalue weighted by atomic mass is 10.1. The average molecular weight is 440 g/mol. The zero-order chi connectivity index (χ0) is 20.9. The number of fused-ring (bicyclic) bond motifs is 1. The van der Waals surface area contributed by atoms with Gasteiger partial charge in [0.05, 0.1) is 29.9 Å². The molecule has 0 radical (unpaired) electrons. The number of hydrogen-bond donors (Lipinski definition) is 1. The second-order valence-electron chi connectivity index (χ2n) is 7.95. The molecule has 154 valence electrons. The SMILES string of the molecule is CC(C)(C)n1ncc2c(=O)[nH]c(N3CCOC(c4cc(F)c(Cl)cc4Cl)C3)nc21. The molecule has 1 unspecified atom stereocenters. The molecule has 0 saturated carbocycles. The fourth-order valence-electron chi connectivity index (χ4n) is 3.36. The predicted molar refractivity (Wildman–Crippen MR) is 110 cm³/mol. The van der Waals surface area contributed by atoms with E-state index in [1.165, 1.54) is 18.3 Å². The maximum absolute atomic E-state index is 14.0. The number of hydrogen-bond acceptors (Lipinski definition) is 5. The Hall–Kier alpha value is -2.16. The first kappa shape index (κ1) is 20.1. The largest absolute Gasteiger partial charge is 0.370 e. The molecule has 4 rings (SSSR count). The Morgan fingerprint density at radius 3 is 2.76 bits per heavy atom. The maximum atomic E-state index is 14.0. The molecular formula is C19H20Cl2FN5O2. The van der Waals surface area contributed by atoms with Gasteiger partial charge in [-0.15, -0.1) is 0 Å². The Bertz CT molecular complexity index is 1140. The summed E-state index contributed by atoms with van der Waals surface area (Å²) in [7, 11) is 0. The Labute approximate surface area is 176 Å². The van der Waals surface area contributed by atoms with Crippen molar-refractivity contribution in [3.8, 4) is 0 Å². The third kappa shape index (κ3) is 3.72. The molecule has 1 fully saturated rings. The normalized spacial score (nSPS) is 17.9. The van der Waals surface area contributed by atoms with Crippen LogP contribution in [-0.4, -0.2) is 39.4 Å². The van der Waals surface area contributed by atoms with E-state index in [0.717, 1.165) is 0 Å². The number of morpholine rings is 1. The van der Waals surface area contributed by atoms with Crippen LogP contribution in [0.2, 0.25) is 10.0 Å². The smallest absolute Gasteiger partial charge is 0.263 e. The summed E-state index contributed by atoms with van der Waals surface area (Å²) >= 11 is 12.0. The van der Waals surface area contributed by atoms with Crippen LogP contribution in [-0.2, 0) is 10.3 Å². The van der Waals surface area contributed by atoms with Gasteiger partial charge in [0.1, 0.15) is 17.3 Å². The van der Waals surface area contributed by atoms with Crippen LogP contribution < -0.4 is 10.5 Å². The monoisotopic (exact) mass is 439 g/mol. The number of aromatic amines is 1. The Kier molecular flexibility index (Phi) is 5.04. The minimum absolute atomic E-state index is 0.0432. The fourth-order valence-corrected chi connectivity index (χ4v) is 3.87. The number of benzene rings is 1. The number of halogens is 3. The molecule has 1 aliphatic heterocycles. The van der Waals surface area contributed by atoms with E-state index in [4.69, 9.17) is 27.9 Å². The van der Waals surface area contributed by atoms with Gasteiger partial charge in [0, 0.05) is 17.1 Å². The van der Waals surface area contributed by atoms with Crippen LogP contribution in [0.1, 0.15) is 32.4 Å². The van der Waals surface area contributed by atoms with Crippen molar-refractivity contribution >= 4 is 40.2 Å².